The molecule has 3 unspecified atom stereocenters. The van der Waals surface area contributed by atoms with E-state index >= 15 is 0 Å². The van der Waals surface area contributed by atoms with E-state index in [0.29, 0.717) is 11.8 Å². The van der Waals surface area contributed by atoms with Gasteiger partial charge in [-0.25, -0.2) is 4.98 Å². The summed E-state index contributed by atoms with van der Waals surface area (Å²) in [6.07, 6.45) is 15.5. The summed E-state index contributed by atoms with van der Waals surface area (Å²) < 4.78 is 0. The molecule has 0 aromatic carbocycles. The van der Waals surface area contributed by atoms with E-state index in [1.54, 1.807) is 0 Å². The van der Waals surface area contributed by atoms with Gasteiger partial charge in [-0.05, 0) is 62.0 Å². The Labute approximate surface area is 218 Å². The minimum Gasteiger partial charge on any atom is -0.366 e. The van der Waals surface area contributed by atoms with Crippen LogP contribution in [0.25, 0.3) is 0 Å². The highest BCUT2D eigenvalue weighted by molar-refractivity contribution is 5.90. The summed E-state index contributed by atoms with van der Waals surface area (Å²) in [5.74, 6) is 2.35. The third-order valence-corrected chi connectivity index (χ3v) is 7.04. The first-order valence-corrected chi connectivity index (χ1v) is 13.5. The molecule has 7 nitrogen and oxygen atoms in total. The van der Waals surface area contributed by atoms with Gasteiger partial charge < -0.3 is 25.3 Å². The van der Waals surface area contributed by atoms with Crippen LogP contribution in [0.15, 0.2) is 66.8 Å². The quantitative estimate of drug-likeness (QED) is 0.270. The third kappa shape index (κ3) is 6.50. The molecule has 0 bridgehead atoms. The van der Waals surface area contributed by atoms with Crippen molar-refractivity contribution >= 4 is 11.7 Å². The van der Waals surface area contributed by atoms with Crippen LogP contribution in [0.5, 0.6) is 0 Å². The number of pyridine rings is 1. The minimum atomic E-state index is -0.0341. The molecule has 2 saturated heterocycles. The van der Waals surface area contributed by atoms with Crippen molar-refractivity contribution in [1.29, 1.82) is 5.41 Å². The number of likely N-dealkylation sites (tertiary alicyclic amines) is 1. The number of allylic oxidation sites excluding steroid dienone is 1. The normalized spacial score (nSPS) is 22.5. The molecule has 4 heterocycles. The number of anilines is 1. The van der Waals surface area contributed by atoms with Gasteiger partial charge in [0.2, 0.25) is 0 Å². The number of hydrogen-bond donors (Lipinski definition) is 3. The van der Waals surface area contributed by atoms with E-state index in [4.69, 9.17) is 5.41 Å². The average Bonchev–Trinajstić information content (AvgIpc) is 3.68. The molecule has 1 aromatic rings. The summed E-state index contributed by atoms with van der Waals surface area (Å²) in [6, 6.07) is 4.32. The number of nitrogens with one attached hydrogen (secondary N) is 3. The van der Waals surface area contributed by atoms with Crippen LogP contribution >= 0.6 is 0 Å². The van der Waals surface area contributed by atoms with Crippen LogP contribution in [0.3, 0.4) is 0 Å². The Morgan fingerprint density at radius 3 is 2.67 bits per heavy atom. The van der Waals surface area contributed by atoms with Crippen LogP contribution in [0, 0.1) is 11.3 Å². The molecule has 7 heteroatoms. The molecule has 0 aliphatic carbocycles. The number of rotatable bonds is 8. The molecule has 1 aromatic heterocycles. The molecule has 0 radical (unpaired) electrons. The van der Waals surface area contributed by atoms with E-state index in [1.807, 2.05) is 44.5 Å². The van der Waals surface area contributed by atoms with Gasteiger partial charge in [0, 0.05) is 45.6 Å². The fourth-order valence-corrected chi connectivity index (χ4v) is 5.08. The van der Waals surface area contributed by atoms with Crippen molar-refractivity contribution in [1.82, 2.24) is 25.4 Å². The molecule has 196 valence electrons. The smallest absolute Gasteiger partial charge is 0.128 e. The second-order valence-corrected chi connectivity index (χ2v) is 9.54. The fourth-order valence-electron chi connectivity index (χ4n) is 5.08. The highest BCUT2D eigenvalue weighted by Crippen LogP contribution is 2.30. The van der Waals surface area contributed by atoms with Crippen molar-refractivity contribution in [3.05, 3.63) is 72.4 Å². The Bertz CT molecular complexity index is 974. The van der Waals surface area contributed by atoms with E-state index in [9.17, 15) is 0 Å². The zero-order chi connectivity index (χ0) is 26.1. The van der Waals surface area contributed by atoms with E-state index < -0.39 is 0 Å². The maximum Gasteiger partial charge on any atom is 0.128 e. The third-order valence-electron chi connectivity index (χ3n) is 7.04. The lowest BCUT2D eigenvalue weighted by atomic mass is 10.1. The zero-order valence-corrected chi connectivity index (χ0v) is 22.8. The Morgan fingerprint density at radius 1 is 1.28 bits per heavy atom. The second-order valence-electron chi connectivity index (χ2n) is 9.54. The Hall–Kier alpha value is -3.22. The van der Waals surface area contributed by atoms with E-state index in [-0.39, 0.29) is 12.2 Å². The summed E-state index contributed by atoms with van der Waals surface area (Å²) in [4.78, 5) is 11.4. The maximum absolute atomic E-state index is 8.28. The standard InChI is InChI=1S/C27H39N7.C2H6/c1-5-23(21-11-13-29-27(17-21)34-16-12-20(3)19-34)32(4)24(6-2)22-18-30-26(31-22)10-9-25(28)33-14-7-8-15-33;1-2/h5-6,9-11,13,17-18,20,23,26,28,30-31H,1,7-8,12,14-16,19H2,2-4H3;1-2H3/b10-9-,24-6-,28-25?;. The molecule has 0 spiro atoms. The monoisotopic (exact) mass is 491 g/mol. The number of amidine groups is 1. The molecule has 4 rings (SSSR count). The summed E-state index contributed by atoms with van der Waals surface area (Å²) in [5, 5.41) is 15.2. The van der Waals surface area contributed by atoms with Crippen molar-refractivity contribution in [2.24, 2.45) is 5.92 Å². The van der Waals surface area contributed by atoms with Crippen LogP contribution in [-0.2, 0) is 0 Å². The van der Waals surface area contributed by atoms with E-state index in [1.165, 1.54) is 24.8 Å². The van der Waals surface area contributed by atoms with E-state index in [0.717, 1.165) is 43.4 Å². The SMILES string of the molecule is C=CC(c1ccnc(N2CCC(C)C2)c1)N(C)/C(=C\C)C1=CNC(/C=C\C(=N)N2CCCC2)N1.CC. The summed E-state index contributed by atoms with van der Waals surface area (Å²) in [5.41, 5.74) is 3.31. The van der Waals surface area contributed by atoms with E-state index in [2.05, 4.69) is 76.0 Å². The van der Waals surface area contributed by atoms with Crippen molar-refractivity contribution in [3.8, 4) is 0 Å². The lowest BCUT2D eigenvalue weighted by molar-refractivity contribution is 0.362. The zero-order valence-electron chi connectivity index (χ0n) is 22.8. The summed E-state index contributed by atoms with van der Waals surface area (Å²) in [7, 11) is 2.11. The van der Waals surface area contributed by atoms with Gasteiger partial charge in [0.1, 0.15) is 17.8 Å². The van der Waals surface area contributed by atoms with Gasteiger partial charge in [-0.15, -0.1) is 6.58 Å². The van der Waals surface area contributed by atoms with Gasteiger partial charge in [-0.2, -0.15) is 0 Å². The predicted molar refractivity (Wildman–Crippen MR) is 152 cm³/mol. The number of hydrogen-bond acceptors (Lipinski definition) is 6. The molecule has 3 N–H and O–H groups in total. The lowest BCUT2D eigenvalue weighted by Gasteiger charge is -2.31. The summed E-state index contributed by atoms with van der Waals surface area (Å²) in [6.45, 7) is 16.6. The van der Waals surface area contributed by atoms with Crippen LogP contribution in [0.4, 0.5) is 5.82 Å². The molecule has 0 saturated carbocycles. The Kier molecular flexibility index (Phi) is 10.0. The lowest BCUT2D eigenvalue weighted by Crippen LogP contribution is -2.33. The van der Waals surface area contributed by atoms with Crippen molar-refractivity contribution in [3.63, 3.8) is 0 Å². The average molecular weight is 492 g/mol. The number of likely N-dealkylation sites (N-methyl/N-ethyl adjacent to an activating group) is 1. The van der Waals surface area contributed by atoms with Crippen molar-refractivity contribution in [2.75, 3.05) is 38.1 Å². The summed E-state index contributed by atoms with van der Waals surface area (Å²) >= 11 is 0. The van der Waals surface area contributed by atoms with Gasteiger partial charge >= 0.3 is 0 Å². The molecule has 3 aliphatic rings. The Morgan fingerprint density at radius 2 is 2.03 bits per heavy atom. The van der Waals surface area contributed by atoms with Crippen LogP contribution in [0.2, 0.25) is 0 Å². The first-order valence-electron chi connectivity index (χ1n) is 13.5. The van der Waals surface area contributed by atoms with Gasteiger partial charge in [-0.3, -0.25) is 5.41 Å². The van der Waals surface area contributed by atoms with Crippen molar-refractivity contribution < 1.29 is 0 Å². The largest absolute Gasteiger partial charge is 0.366 e. The maximum atomic E-state index is 8.28. The molecule has 0 amide bonds. The van der Waals surface area contributed by atoms with Crippen molar-refractivity contribution in [2.45, 2.75) is 59.2 Å². The highest BCUT2D eigenvalue weighted by Gasteiger charge is 2.25. The Balaban J connectivity index is 0.00000176. The molecular weight excluding hydrogens is 446 g/mol. The predicted octanol–water partition coefficient (Wildman–Crippen LogP) is 5.01. The molecule has 2 fully saturated rings. The van der Waals surface area contributed by atoms with Gasteiger partial charge in [0.25, 0.3) is 0 Å². The van der Waals surface area contributed by atoms with Gasteiger partial charge in [0.15, 0.2) is 0 Å². The molecule has 3 atom stereocenters. The number of aromatic nitrogens is 1. The van der Waals surface area contributed by atoms with Gasteiger partial charge in [0.05, 0.1) is 17.4 Å². The van der Waals surface area contributed by atoms with Gasteiger partial charge in [-0.1, -0.05) is 32.9 Å². The van der Waals surface area contributed by atoms with Crippen LogP contribution in [0.1, 0.15) is 58.6 Å². The molecular formula is C29H45N7. The number of nitrogens with zero attached hydrogens (tertiary/aromatic N) is 4. The second kappa shape index (κ2) is 13.2. The topological polar surface area (TPSA) is 70.5 Å². The molecule has 3 aliphatic heterocycles. The first-order chi connectivity index (χ1) is 17.5. The fraction of sp³-hybridized carbons (Fsp3) is 0.517. The first kappa shape index (κ1) is 27.4. The molecule has 36 heavy (non-hydrogen) atoms. The minimum absolute atomic E-state index is 0.0219. The highest BCUT2D eigenvalue weighted by atomic mass is 15.2. The van der Waals surface area contributed by atoms with Crippen LogP contribution < -0.4 is 15.5 Å². The van der Waals surface area contributed by atoms with Crippen LogP contribution in [-0.4, -0.2) is 60.0 Å².